The van der Waals surface area contributed by atoms with Crippen molar-refractivity contribution >= 4 is 11.8 Å². The van der Waals surface area contributed by atoms with Gasteiger partial charge in [-0.25, -0.2) is 4.98 Å². The molecule has 0 radical (unpaired) electrons. The van der Waals surface area contributed by atoms with Crippen LogP contribution in [-0.2, 0) is 11.2 Å². The second-order valence-electron chi connectivity index (χ2n) is 3.48. The van der Waals surface area contributed by atoms with Gasteiger partial charge >= 0.3 is 0 Å². The first-order valence-corrected chi connectivity index (χ1v) is 6.21. The lowest BCUT2D eigenvalue weighted by Crippen LogP contribution is -1.99. The van der Waals surface area contributed by atoms with E-state index >= 15 is 0 Å². The maximum Gasteiger partial charge on any atom is 0.208 e. The number of aryl methyl sites for hydroxylation is 1. The molecule has 0 aromatic carbocycles. The number of aromatic nitrogens is 3. The molecule has 1 atom stereocenters. The maximum atomic E-state index is 5.02. The van der Waals surface area contributed by atoms with Crippen molar-refractivity contribution in [1.29, 1.82) is 0 Å². The summed E-state index contributed by atoms with van der Waals surface area (Å²) in [5.41, 5.74) is 0. The van der Waals surface area contributed by atoms with Gasteiger partial charge in [-0.2, -0.15) is 0 Å². The number of hydrogen-bond donors (Lipinski definition) is 1. The van der Waals surface area contributed by atoms with Gasteiger partial charge in [0.2, 0.25) is 5.16 Å². The van der Waals surface area contributed by atoms with Gasteiger partial charge in [0.05, 0.1) is 0 Å². The molecule has 0 aliphatic rings. The molecular weight excluding hydrogens is 210 g/mol. The molecule has 0 saturated carbocycles. The van der Waals surface area contributed by atoms with Crippen molar-refractivity contribution in [2.75, 3.05) is 13.7 Å². The molecule has 15 heavy (non-hydrogen) atoms. The van der Waals surface area contributed by atoms with E-state index in [1.54, 1.807) is 18.9 Å². The maximum absolute atomic E-state index is 5.02. The van der Waals surface area contributed by atoms with Gasteiger partial charge in [0.25, 0.3) is 0 Å². The molecule has 86 valence electrons. The van der Waals surface area contributed by atoms with Crippen LogP contribution in [0.3, 0.4) is 0 Å². The fourth-order valence-electron chi connectivity index (χ4n) is 1.24. The number of rotatable bonds is 7. The quantitative estimate of drug-likeness (QED) is 0.575. The van der Waals surface area contributed by atoms with Crippen molar-refractivity contribution in [2.24, 2.45) is 0 Å². The molecular formula is C10H19N3OS. The average Bonchev–Trinajstić information content (AvgIpc) is 2.66. The summed E-state index contributed by atoms with van der Waals surface area (Å²) in [4.78, 5) is 4.36. The van der Waals surface area contributed by atoms with Crippen LogP contribution in [0.25, 0.3) is 0 Å². The zero-order chi connectivity index (χ0) is 11.1. The van der Waals surface area contributed by atoms with E-state index < -0.39 is 0 Å². The number of methoxy groups -OCH3 is 1. The van der Waals surface area contributed by atoms with E-state index in [0.29, 0.717) is 5.25 Å². The summed E-state index contributed by atoms with van der Waals surface area (Å²) in [6, 6.07) is 0. The fraction of sp³-hybridized carbons (Fsp3) is 0.800. The molecule has 0 aliphatic carbocycles. The number of nitrogens with one attached hydrogen (secondary N) is 1. The highest BCUT2D eigenvalue weighted by molar-refractivity contribution is 7.99. The molecule has 1 N–H and O–H groups in total. The van der Waals surface area contributed by atoms with E-state index in [4.69, 9.17) is 4.74 Å². The second kappa shape index (κ2) is 6.85. The van der Waals surface area contributed by atoms with Crippen molar-refractivity contribution < 1.29 is 4.74 Å². The Labute approximate surface area is 95.2 Å². The predicted octanol–water partition coefficient (Wildman–Crippen LogP) is 2.27. The van der Waals surface area contributed by atoms with Gasteiger partial charge < -0.3 is 4.74 Å². The van der Waals surface area contributed by atoms with Gasteiger partial charge in [-0.05, 0) is 12.8 Å². The van der Waals surface area contributed by atoms with Gasteiger partial charge in [0.1, 0.15) is 5.82 Å². The second-order valence-corrected chi connectivity index (χ2v) is 4.89. The first kappa shape index (κ1) is 12.5. The van der Waals surface area contributed by atoms with Crippen LogP contribution >= 0.6 is 11.8 Å². The predicted molar refractivity (Wildman–Crippen MR) is 62.2 cm³/mol. The molecule has 4 nitrogen and oxygen atoms in total. The normalized spacial score (nSPS) is 13.0. The third-order valence-corrected chi connectivity index (χ3v) is 3.14. The summed E-state index contributed by atoms with van der Waals surface area (Å²) in [6.45, 7) is 5.10. The van der Waals surface area contributed by atoms with Crippen molar-refractivity contribution in [3.8, 4) is 0 Å². The molecule has 0 saturated heterocycles. The van der Waals surface area contributed by atoms with Crippen molar-refractivity contribution in [1.82, 2.24) is 15.2 Å². The number of nitrogens with zero attached hydrogens (tertiary/aromatic N) is 2. The van der Waals surface area contributed by atoms with Crippen LogP contribution in [0, 0.1) is 0 Å². The van der Waals surface area contributed by atoms with Gasteiger partial charge in [-0.1, -0.05) is 25.6 Å². The largest absolute Gasteiger partial charge is 0.385 e. The van der Waals surface area contributed by atoms with Gasteiger partial charge in [-0.15, -0.1) is 5.10 Å². The molecule has 1 aromatic heterocycles. The highest BCUT2D eigenvalue weighted by Gasteiger charge is 2.08. The van der Waals surface area contributed by atoms with Crippen molar-refractivity contribution in [2.45, 2.75) is 43.5 Å². The summed E-state index contributed by atoms with van der Waals surface area (Å²) >= 11 is 1.72. The van der Waals surface area contributed by atoms with E-state index in [-0.39, 0.29) is 0 Å². The number of H-pyrrole nitrogens is 1. The zero-order valence-corrected chi connectivity index (χ0v) is 10.4. The molecule has 0 amide bonds. The highest BCUT2D eigenvalue weighted by Crippen LogP contribution is 2.22. The summed E-state index contributed by atoms with van der Waals surface area (Å²) in [6.07, 6.45) is 3.13. The first-order chi connectivity index (χ1) is 7.26. The zero-order valence-electron chi connectivity index (χ0n) is 9.62. The van der Waals surface area contributed by atoms with Crippen molar-refractivity contribution in [3.63, 3.8) is 0 Å². The molecule has 1 aromatic rings. The summed E-state index contributed by atoms with van der Waals surface area (Å²) in [5.74, 6) is 0.960. The first-order valence-electron chi connectivity index (χ1n) is 5.33. The smallest absolute Gasteiger partial charge is 0.208 e. The molecule has 0 aliphatic heterocycles. The van der Waals surface area contributed by atoms with Crippen LogP contribution in [0.1, 0.15) is 32.5 Å². The average molecular weight is 229 g/mol. The summed E-state index contributed by atoms with van der Waals surface area (Å²) < 4.78 is 5.02. The van der Waals surface area contributed by atoms with Crippen LogP contribution in [0.15, 0.2) is 5.16 Å². The molecule has 5 heteroatoms. The molecule has 0 spiro atoms. The fourth-order valence-corrected chi connectivity index (χ4v) is 2.15. The SMILES string of the molecule is CCc1nc(SC(C)CCCOC)n[nH]1. The molecule has 0 bridgehead atoms. The number of aromatic amines is 1. The van der Waals surface area contributed by atoms with Crippen LogP contribution < -0.4 is 0 Å². The lowest BCUT2D eigenvalue weighted by molar-refractivity contribution is 0.193. The lowest BCUT2D eigenvalue weighted by atomic mass is 10.3. The van der Waals surface area contributed by atoms with Gasteiger partial charge in [0, 0.05) is 25.4 Å². The Balaban J connectivity index is 2.27. The molecule has 1 rings (SSSR count). The molecule has 1 unspecified atom stereocenters. The Morgan fingerprint density at radius 1 is 1.53 bits per heavy atom. The Kier molecular flexibility index (Phi) is 5.71. The van der Waals surface area contributed by atoms with Crippen LogP contribution in [0.5, 0.6) is 0 Å². The third kappa shape index (κ3) is 4.66. The minimum atomic E-state index is 0.542. The Morgan fingerprint density at radius 3 is 2.93 bits per heavy atom. The molecule has 1 heterocycles. The monoisotopic (exact) mass is 229 g/mol. The standard InChI is InChI=1S/C10H19N3OS/c1-4-9-11-10(13-12-9)15-8(2)6-5-7-14-3/h8H,4-7H2,1-3H3,(H,11,12,13). The van der Waals surface area contributed by atoms with E-state index in [0.717, 1.165) is 36.9 Å². The Morgan fingerprint density at radius 2 is 2.33 bits per heavy atom. The number of thioether (sulfide) groups is 1. The van der Waals surface area contributed by atoms with Crippen LogP contribution in [-0.4, -0.2) is 34.1 Å². The van der Waals surface area contributed by atoms with E-state index in [1.807, 2.05) is 0 Å². The minimum Gasteiger partial charge on any atom is -0.385 e. The van der Waals surface area contributed by atoms with Gasteiger partial charge in [-0.3, -0.25) is 5.10 Å². The lowest BCUT2D eigenvalue weighted by Gasteiger charge is -2.07. The third-order valence-electron chi connectivity index (χ3n) is 2.11. The van der Waals surface area contributed by atoms with Crippen molar-refractivity contribution in [3.05, 3.63) is 5.82 Å². The Bertz CT molecular complexity index is 277. The van der Waals surface area contributed by atoms with E-state index in [1.165, 1.54) is 0 Å². The van der Waals surface area contributed by atoms with Crippen LogP contribution in [0.4, 0.5) is 0 Å². The van der Waals surface area contributed by atoms with Gasteiger partial charge in [0.15, 0.2) is 0 Å². The summed E-state index contributed by atoms with van der Waals surface area (Å²) in [5, 5.41) is 8.47. The van der Waals surface area contributed by atoms with E-state index in [2.05, 4.69) is 29.0 Å². The number of ether oxygens (including phenoxy) is 1. The Hall–Kier alpha value is -0.550. The minimum absolute atomic E-state index is 0.542. The molecule has 0 fully saturated rings. The summed E-state index contributed by atoms with van der Waals surface area (Å²) in [7, 11) is 1.74. The topological polar surface area (TPSA) is 50.8 Å². The van der Waals surface area contributed by atoms with Crippen LogP contribution in [0.2, 0.25) is 0 Å². The van der Waals surface area contributed by atoms with E-state index in [9.17, 15) is 0 Å². The number of hydrogen-bond acceptors (Lipinski definition) is 4. The highest BCUT2D eigenvalue weighted by atomic mass is 32.2.